The van der Waals surface area contributed by atoms with Crippen LogP contribution in [0.15, 0.2) is 59.8 Å². The summed E-state index contributed by atoms with van der Waals surface area (Å²) in [5.74, 6) is 2.56. The molecule has 0 spiro atoms. The first-order valence-corrected chi connectivity index (χ1v) is 11.9. The predicted octanol–water partition coefficient (Wildman–Crippen LogP) is 6.83. The quantitative estimate of drug-likeness (QED) is 0.119. The molecule has 4 rings (SSSR count). The van der Waals surface area contributed by atoms with Gasteiger partial charge in [0.15, 0.2) is 0 Å². The number of benzene rings is 3. The number of carbonyl (C=O) groups excluding carboxylic acids is 2. The van der Waals surface area contributed by atoms with Crippen molar-refractivity contribution in [2.75, 3.05) is 0 Å². The highest BCUT2D eigenvalue weighted by atomic mass is 35.5. The van der Waals surface area contributed by atoms with Crippen LogP contribution < -0.4 is 5.84 Å². The summed E-state index contributed by atoms with van der Waals surface area (Å²) in [5.41, 5.74) is -3.37. The molecule has 1 aliphatic rings. The summed E-state index contributed by atoms with van der Waals surface area (Å²) in [7, 11) is 0. The van der Waals surface area contributed by atoms with Gasteiger partial charge in [-0.05, 0) is 60.5 Å². The third-order valence-electron chi connectivity index (χ3n) is 5.92. The molecule has 6 nitrogen and oxygen atoms in total. The number of halogens is 7. The van der Waals surface area contributed by atoms with Crippen LogP contribution in [0.3, 0.4) is 0 Å². The van der Waals surface area contributed by atoms with Gasteiger partial charge in [-0.15, -0.1) is 0 Å². The Morgan fingerprint density at radius 2 is 1.68 bits per heavy atom. The lowest BCUT2D eigenvalue weighted by Crippen LogP contribution is -2.43. The lowest BCUT2D eigenvalue weighted by Gasteiger charge is -2.29. The average molecular weight is 589 g/mol. The second kappa shape index (κ2) is 10.2. The Labute approximate surface area is 228 Å². The summed E-state index contributed by atoms with van der Waals surface area (Å²) in [4.78, 5) is 30.5. The number of aryl methyl sites for hydroxylation is 1. The van der Waals surface area contributed by atoms with Crippen molar-refractivity contribution in [3.05, 3.63) is 103 Å². The van der Waals surface area contributed by atoms with Gasteiger partial charge >= 0.3 is 6.18 Å². The zero-order valence-corrected chi connectivity index (χ0v) is 21.5. The van der Waals surface area contributed by atoms with Crippen LogP contribution in [-0.2, 0) is 10.4 Å². The van der Waals surface area contributed by atoms with Gasteiger partial charge < -0.3 is 4.84 Å². The van der Waals surface area contributed by atoms with Gasteiger partial charge in [0.2, 0.25) is 0 Å². The van der Waals surface area contributed by atoms with Crippen molar-refractivity contribution in [1.29, 1.82) is 0 Å². The molecule has 1 aliphatic heterocycles. The number of carbonyl (C=O) groups is 2. The van der Waals surface area contributed by atoms with Crippen LogP contribution in [0.2, 0.25) is 15.1 Å². The van der Waals surface area contributed by atoms with Crippen molar-refractivity contribution in [2.24, 2.45) is 11.0 Å². The van der Waals surface area contributed by atoms with E-state index in [1.54, 1.807) is 0 Å². The zero-order valence-electron chi connectivity index (χ0n) is 19.2. The maximum absolute atomic E-state index is 14.2. The van der Waals surface area contributed by atoms with Crippen LogP contribution >= 0.6 is 34.8 Å². The van der Waals surface area contributed by atoms with E-state index in [4.69, 9.17) is 45.5 Å². The molecule has 3 aromatic carbocycles. The molecule has 0 saturated carbocycles. The molecule has 0 radical (unpaired) electrons. The van der Waals surface area contributed by atoms with Gasteiger partial charge in [-0.1, -0.05) is 52.1 Å². The number of rotatable bonds is 4. The minimum Gasteiger partial charge on any atom is -0.374 e. The average Bonchev–Trinajstić information content (AvgIpc) is 3.29. The number of hydrogen-bond donors (Lipinski definition) is 1. The maximum atomic E-state index is 14.2. The molecule has 1 heterocycles. The monoisotopic (exact) mass is 587 g/mol. The van der Waals surface area contributed by atoms with Crippen LogP contribution in [0.4, 0.5) is 17.6 Å². The van der Waals surface area contributed by atoms with Gasteiger partial charge in [-0.2, -0.15) is 13.2 Å². The first kappa shape index (κ1) is 27.8. The fourth-order valence-corrected chi connectivity index (χ4v) is 4.74. The van der Waals surface area contributed by atoms with Gasteiger partial charge in [0.1, 0.15) is 5.82 Å². The van der Waals surface area contributed by atoms with Crippen LogP contribution in [0.5, 0.6) is 0 Å². The molecule has 0 aliphatic carbocycles. The lowest BCUT2D eigenvalue weighted by atomic mass is 9.86. The molecule has 0 fully saturated rings. The SMILES string of the molecule is Cc1cc(C2=NOC(c3cc(Cl)cc(Cl)c3)(C(F)(F)F)C2)ccc1C(=O)N(N)C(=O)c1c(F)cccc1Cl. The number of amides is 2. The molecular weight excluding hydrogens is 573 g/mol. The maximum Gasteiger partial charge on any atom is 0.435 e. The van der Waals surface area contributed by atoms with Crippen molar-refractivity contribution in [2.45, 2.75) is 25.1 Å². The Hall–Kier alpha value is -3.18. The molecule has 2 N–H and O–H groups in total. The largest absolute Gasteiger partial charge is 0.435 e. The fourth-order valence-electron chi connectivity index (χ4n) is 3.97. The number of alkyl halides is 3. The molecule has 3 aromatic rings. The molecule has 0 aromatic heterocycles. The highest BCUT2D eigenvalue weighted by Crippen LogP contribution is 2.49. The summed E-state index contributed by atoms with van der Waals surface area (Å²) in [5, 5.41) is 3.63. The summed E-state index contributed by atoms with van der Waals surface area (Å²) in [6.07, 6.45) is -5.58. The molecule has 0 bridgehead atoms. The van der Waals surface area contributed by atoms with E-state index in [2.05, 4.69) is 5.16 Å². The summed E-state index contributed by atoms with van der Waals surface area (Å²) in [6.45, 7) is 1.48. The molecule has 13 heteroatoms. The van der Waals surface area contributed by atoms with E-state index in [0.717, 1.165) is 18.2 Å². The van der Waals surface area contributed by atoms with Crippen molar-refractivity contribution in [3.63, 3.8) is 0 Å². The smallest absolute Gasteiger partial charge is 0.374 e. The second-order valence-electron chi connectivity index (χ2n) is 8.40. The second-order valence-corrected chi connectivity index (χ2v) is 9.68. The third-order valence-corrected chi connectivity index (χ3v) is 6.67. The first-order valence-electron chi connectivity index (χ1n) is 10.7. The Balaban J connectivity index is 1.62. The van der Waals surface area contributed by atoms with E-state index < -0.39 is 41.4 Å². The number of hydrazine groups is 1. The van der Waals surface area contributed by atoms with Crippen molar-refractivity contribution in [1.82, 2.24) is 5.01 Å². The molecular formula is C25H16Cl3F4N3O3. The van der Waals surface area contributed by atoms with Crippen molar-refractivity contribution in [3.8, 4) is 0 Å². The van der Waals surface area contributed by atoms with Gasteiger partial charge in [0.25, 0.3) is 17.4 Å². The van der Waals surface area contributed by atoms with Crippen LogP contribution in [0.1, 0.15) is 43.8 Å². The van der Waals surface area contributed by atoms with E-state index in [1.165, 1.54) is 43.3 Å². The van der Waals surface area contributed by atoms with Crippen LogP contribution in [-0.4, -0.2) is 28.7 Å². The van der Waals surface area contributed by atoms with Crippen molar-refractivity contribution < 1.29 is 32.0 Å². The van der Waals surface area contributed by atoms with Gasteiger partial charge in [0.05, 0.1) is 16.3 Å². The summed E-state index contributed by atoms with van der Waals surface area (Å²) < 4.78 is 56.9. The molecule has 2 amide bonds. The number of nitrogens with two attached hydrogens (primary N) is 1. The zero-order chi connectivity index (χ0) is 28.0. The summed E-state index contributed by atoms with van der Waals surface area (Å²) >= 11 is 17.7. The number of hydrogen-bond acceptors (Lipinski definition) is 5. The number of oxime groups is 1. The van der Waals surface area contributed by atoms with Gasteiger partial charge in [0, 0.05) is 27.6 Å². The summed E-state index contributed by atoms with van der Waals surface area (Å²) in [6, 6.07) is 11.0. The molecule has 1 unspecified atom stereocenters. The number of imide groups is 1. The molecule has 1 atom stereocenters. The molecule has 0 saturated heterocycles. The van der Waals surface area contributed by atoms with Crippen LogP contribution in [0.25, 0.3) is 0 Å². The van der Waals surface area contributed by atoms with E-state index in [-0.39, 0.29) is 48.0 Å². The lowest BCUT2D eigenvalue weighted by molar-refractivity contribution is -0.275. The highest BCUT2D eigenvalue weighted by Gasteiger charge is 2.62. The Kier molecular flexibility index (Phi) is 7.46. The van der Waals surface area contributed by atoms with Gasteiger partial charge in [-0.25, -0.2) is 15.2 Å². The van der Waals surface area contributed by atoms with Crippen molar-refractivity contribution >= 4 is 52.3 Å². The minimum atomic E-state index is -4.88. The first-order chi connectivity index (χ1) is 17.7. The fraction of sp³-hybridized carbons (Fsp3) is 0.160. The Bertz CT molecular complexity index is 1460. The van der Waals surface area contributed by atoms with E-state index in [1.807, 2.05) is 0 Å². The standard InChI is InChI=1S/C25H16Cl3F4N3O3/c1-12-7-13(5-6-17(12)22(36)35(33)23(37)21-18(28)3-2-4-19(21)29)20-11-24(38-34-20,25(30,31)32)14-8-15(26)10-16(27)9-14/h2-10H,11,33H2,1H3. The molecule has 38 heavy (non-hydrogen) atoms. The minimum absolute atomic E-state index is 0.00978. The number of nitrogens with zero attached hydrogens (tertiary/aromatic N) is 2. The van der Waals surface area contributed by atoms with Gasteiger partial charge in [-0.3, -0.25) is 9.59 Å². The van der Waals surface area contributed by atoms with Crippen LogP contribution in [0, 0.1) is 12.7 Å². The van der Waals surface area contributed by atoms with E-state index in [9.17, 15) is 27.2 Å². The predicted molar refractivity (Wildman–Crippen MR) is 134 cm³/mol. The molecule has 198 valence electrons. The van der Waals surface area contributed by atoms with E-state index >= 15 is 0 Å². The normalized spacial score (nSPS) is 17.1. The highest BCUT2D eigenvalue weighted by molar-refractivity contribution is 6.35. The third kappa shape index (κ3) is 4.96. The Morgan fingerprint density at radius 1 is 1.03 bits per heavy atom. The Morgan fingerprint density at radius 3 is 2.26 bits per heavy atom. The van der Waals surface area contributed by atoms with E-state index in [0.29, 0.717) is 0 Å². The topological polar surface area (TPSA) is 85.0 Å².